The van der Waals surface area contributed by atoms with Crippen LogP contribution in [-0.2, 0) is 9.59 Å². The van der Waals surface area contributed by atoms with E-state index >= 15 is 0 Å². The van der Waals surface area contributed by atoms with Crippen LogP contribution in [0.3, 0.4) is 0 Å². The summed E-state index contributed by atoms with van der Waals surface area (Å²) in [5, 5.41) is 20.4. The summed E-state index contributed by atoms with van der Waals surface area (Å²) in [6.07, 6.45) is 1.16. The first kappa shape index (κ1) is 21.3. The molecular weight excluding hydrogens is 430 g/mol. The van der Waals surface area contributed by atoms with Crippen molar-refractivity contribution in [1.82, 2.24) is 5.32 Å². The number of carboxylic acid groups (broad SMARTS) is 1. The molecule has 0 aliphatic carbocycles. The predicted molar refractivity (Wildman–Crippen MR) is 122 cm³/mol. The second-order valence-corrected chi connectivity index (χ2v) is 8.02. The molecule has 0 bridgehead atoms. The number of amidine groups is 1. The molecule has 1 heterocycles. The lowest BCUT2D eigenvalue weighted by Crippen LogP contribution is -2.26. The molecule has 8 nitrogen and oxygen atoms in total. The van der Waals surface area contributed by atoms with Gasteiger partial charge >= 0.3 is 11.9 Å². The standard InChI is InChI=1S/C23H17N3O5S/c27-20(28)12-19-21(29)25-23(32-19)26-24-13-14-5-3-8-16(11-14)31-22(30)18-10-4-7-15-6-1-2-9-17(15)18/h1-11,13,19H,12H2,(H,27,28)(H,25,26,29)/b24-13-/t19-/m0/s1. The Kier molecular flexibility index (Phi) is 6.27. The smallest absolute Gasteiger partial charge is 0.344 e. The molecule has 3 aromatic rings. The Labute approximate surface area is 187 Å². The van der Waals surface area contributed by atoms with Crippen molar-refractivity contribution in [3.63, 3.8) is 0 Å². The summed E-state index contributed by atoms with van der Waals surface area (Å²) >= 11 is 1.02. The topological polar surface area (TPSA) is 117 Å². The highest BCUT2D eigenvalue weighted by Gasteiger charge is 2.32. The number of aliphatic carboxylic acids is 1. The van der Waals surface area contributed by atoms with E-state index in [1.165, 1.54) is 6.21 Å². The molecule has 0 radical (unpaired) electrons. The molecule has 1 amide bonds. The van der Waals surface area contributed by atoms with Crippen LogP contribution in [0.1, 0.15) is 22.3 Å². The van der Waals surface area contributed by atoms with Gasteiger partial charge in [-0.2, -0.15) is 5.10 Å². The van der Waals surface area contributed by atoms with E-state index in [0.717, 1.165) is 22.5 Å². The summed E-state index contributed by atoms with van der Waals surface area (Å²) < 4.78 is 5.54. The van der Waals surface area contributed by atoms with Crippen LogP contribution in [-0.4, -0.2) is 39.6 Å². The first-order valence-electron chi connectivity index (χ1n) is 9.60. The second-order valence-electron chi connectivity index (χ2n) is 6.83. The Morgan fingerprint density at radius 2 is 1.88 bits per heavy atom. The molecule has 1 saturated heterocycles. The summed E-state index contributed by atoms with van der Waals surface area (Å²) in [7, 11) is 0. The molecular formula is C23H17N3O5S. The molecule has 0 aromatic heterocycles. The van der Waals surface area contributed by atoms with Crippen molar-refractivity contribution in [3.8, 4) is 5.75 Å². The number of nitrogens with one attached hydrogen (secondary N) is 1. The van der Waals surface area contributed by atoms with Crippen LogP contribution in [0.4, 0.5) is 0 Å². The zero-order chi connectivity index (χ0) is 22.5. The largest absolute Gasteiger partial charge is 0.481 e. The summed E-state index contributed by atoms with van der Waals surface area (Å²) in [4.78, 5) is 35.2. The molecule has 1 aliphatic rings. The summed E-state index contributed by atoms with van der Waals surface area (Å²) in [6, 6.07) is 19.8. The van der Waals surface area contributed by atoms with Crippen LogP contribution < -0.4 is 10.1 Å². The van der Waals surface area contributed by atoms with E-state index in [0.29, 0.717) is 16.9 Å². The number of fused-ring (bicyclic) bond motifs is 1. The lowest BCUT2D eigenvalue weighted by molar-refractivity contribution is -0.138. The average Bonchev–Trinajstić information content (AvgIpc) is 3.12. The van der Waals surface area contributed by atoms with Gasteiger partial charge in [0.2, 0.25) is 5.91 Å². The normalized spacial score (nSPS) is 17.1. The highest BCUT2D eigenvalue weighted by molar-refractivity contribution is 8.15. The minimum Gasteiger partial charge on any atom is -0.481 e. The van der Waals surface area contributed by atoms with Crippen molar-refractivity contribution in [2.45, 2.75) is 11.7 Å². The van der Waals surface area contributed by atoms with E-state index in [1.807, 2.05) is 36.4 Å². The first-order chi connectivity index (χ1) is 15.5. The Morgan fingerprint density at radius 3 is 2.72 bits per heavy atom. The van der Waals surface area contributed by atoms with Gasteiger partial charge in [0.05, 0.1) is 18.2 Å². The molecule has 2 N–H and O–H groups in total. The van der Waals surface area contributed by atoms with Gasteiger partial charge in [-0.05, 0) is 34.5 Å². The summed E-state index contributed by atoms with van der Waals surface area (Å²) in [6.45, 7) is 0. The van der Waals surface area contributed by atoms with Crippen LogP contribution >= 0.6 is 11.8 Å². The van der Waals surface area contributed by atoms with E-state index in [2.05, 4.69) is 15.5 Å². The number of thioether (sulfide) groups is 1. The predicted octanol–water partition coefficient (Wildman–Crippen LogP) is 3.46. The minimum absolute atomic E-state index is 0.232. The fourth-order valence-electron chi connectivity index (χ4n) is 3.12. The zero-order valence-corrected chi connectivity index (χ0v) is 17.4. The molecule has 32 heavy (non-hydrogen) atoms. The van der Waals surface area contributed by atoms with E-state index in [9.17, 15) is 14.4 Å². The van der Waals surface area contributed by atoms with Gasteiger partial charge in [0.1, 0.15) is 11.0 Å². The molecule has 0 spiro atoms. The molecule has 1 aliphatic heterocycles. The monoisotopic (exact) mass is 447 g/mol. The number of benzene rings is 3. The van der Waals surface area contributed by atoms with Gasteiger partial charge in [-0.25, -0.2) is 4.79 Å². The lowest BCUT2D eigenvalue weighted by atomic mass is 10.0. The number of amides is 1. The van der Waals surface area contributed by atoms with Crippen molar-refractivity contribution in [2.75, 3.05) is 0 Å². The third kappa shape index (κ3) is 5.01. The molecule has 3 aromatic carbocycles. The Balaban J connectivity index is 1.44. The zero-order valence-electron chi connectivity index (χ0n) is 16.6. The van der Waals surface area contributed by atoms with Gasteiger partial charge < -0.3 is 15.2 Å². The van der Waals surface area contributed by atoms with E-state index in [1.54, 1.807) is 30.3 Å². The van der Waals surface area contributed by atoms with Crippen LogP contribution in [0.15, 0.2) is 76.9 Å². The Hall–Kier alpha value is -3.98. The van der Waals surface area contributed by atoms with Crippen molar-refractivity contribution < 1.29 is 24.2 Å². The summed E-state index contributed by atoms with van der Waals surface area (Å²) in [5.74, 6) is -1.58. The molecule has 1 atom stereocenters. The van der Waals surface area contributed by atoms with Crippen LogP contribution in [0.2, 0.25) is 0 Å². The number of carbonyl (C=O) groups excluding carboxylic acids is 2. The number of carbonyl (C=O) groups is 3. The number of nitrogens with zero attached hydrogens (tertiary/aromatic N) is 2. The fraction of sp³-hybridized carbons (Fsp3) is 0.0870. The minimum atomic E-state index is -1.06. The van der Waals surface area contributed by atoms with Crippen molar-refractivity contribution in [2.24, 2.45) is 10.2 Å². The first-order valence-corrected chi connectivity index (χ1v) is 10.5. The van der Waals surface area contributed by atoms with Gasteiger partial charge in [-0.3, -0.25) is 9.59 Å². The van der Waals surface area contributed by atoms with Gasteiger partial charge in [-0.15, -0.1) is 5.10 Å². The third-order valence-electron chi connectivity index (χ3n) is 4.57. The van der Waals surface area contributed by atoms with Crippen LogP contribution in [0.5, 0.6) is 5.75 Å². The van der Waals surface area contributed by atoms with Gasteiger partial charge in [0.25, 0.3) is 0 Å². The molecule has 160 valence electrons. The van der Waals surface area contributed by atoms with Gasteiger partial charge in [0.15, 0.2) is 5.17 Å². The van der Waals surface area contributed by atoms with Crippen LogP contribution in [0.25, 0.3) is 10.8 Å². The SMILES string of the molecule is O=C(O)C[C@@H]1S/C(=N\N=C/c2cccc(OC(=O)c3cccc4ccccc34)c2)NC1=O. The number of carboxylic acids is 1. The molecule has 9 heteroatoms. The Bertz CT molecular complexity index is 1270. The number of ether oxygens (including phenoxy) is 1. The van der Waals surface area contributed by atoms with Crippen LogP contribution in [0, 0.1) is 0 Å². The van der Waals surface area contributed by atoms with E-state index in [4.69, 9.17) is 9.84 Å². The third-order valence-corrected chi connectivity index (χ3v) is 5.64. The highest BCUT2D eigenvalue weighted by atomic mass is 32.2. The molecule has 0 saturated carbocycles. The maximum absolute atomic E-state index is 12.7. The van der Waals surface area contributed by atoms with Gasteiger partial charge in [-0.1, -0.05) is 60.3 Å². The van der Waals surface area contributed by atoms with E-state index in [-0.39, 0.29) is 11.6 Å². The average molecular weight is 447 g/mol. The molecule has 4 rings (SSSR count). The van der Waals surface area contributed by atoms with Crippen molar-refractivity contribution >= 4 is 51.8 Å². The second kappa shape index (κ2) is 9.44. The van der Waals surface area contributed by atoms with Gasteiger partial charge in [0, 0.05) is 0 Å². The maximum atomic E-state index is 12.7. The van der Waals surface area contributed by atoms with Crippen molar-refractivity contribution in [1.29, 1.82) is 0 Å². The molecule has 1 fully saturated rings. The lowest BCUT2D eigenvalue weighted by Gasteiger charge is -2.07. The number of esters is 1. The quantitative estimate of drug-likeness (QED) is 0.259. The highest BCUT2D eigenvalue weighted by Crippen LogP contribution is 2.23. The fourth-order valence-corrected chi connectivity index (χ4v) is 4.03. The van der Waals surface area contributed by atoms with Crippen molar-refractivity contribution in [3.05, 3.63) is 77.9 Å². The number of rotatable bonds is 6. The molecule has 0 unspecified atom stereocenters. The number of hydrogen-bond acceptors (Lipinski definition) is 7. The maximum Gasteiger partial charge on any atom is 0.344 e. The number of hydrogen-bond donors (Lipinski definition) is 2. The Morgan fingerprint density at radius 1 is 1.09 bits per heavy atom. The summed E-state index contributed by atoms with van der Waals surface area (Å²) in [5.41, 5.74) is 1.10. The van der Waals surface area contributed by atoms with E-state index < -0.39 is 23.1 Å².